The number of nitrogens with one attached hydrogen (secondary N) is 2. The minimum atomic E-state index is 0.634. The van der Waals surface area contributed by atoms with Crippen molar-refractivity contribution in [2.24, 2.45) is 10.9 Å². The van der Waals surface area contributed by atoms with Gasteiger partial charge in [0.1, 0.15) is 0 Å². The molecule has 0 spiro atoms. The number of aliphatic imine (C=N–C) groups is 1. The Morgan fingerprint density at radius 2 is 2.05 bits per heavy atom. The number of halogens is 1. The standard InChI is InChI=1S/C16H24ClN3O/c1-2-18-16(19-9-10-21-12-14-3-4-14)20-11-13-5-7-15(17)8-6-13/h5-8,14H,2-4,9-12H2,1H3,(H2,18,19,20). The second-order valence-corrected chi connectivity index (χ2v) is 5.70. The first-order valence-corrected chi connectivity index (χ1v) is 8.00. The van der Waals surface area contributed by atoms with Crippen molar-refractivity contribution in [1.29, 1.82) is 0 Å². The maximum absolute atomic E-state index is 5.87. The molecule has 0 saturated heterocycles. The summed E-state index contributed by atoms with van der Waals surface area (Å²) in [6.45, 7) is 5.94. The fraction of sp³-hybridized carbons (Fsp3) is 0.562. The van der Waals surface area contributed by atoms with Crippen LogP contribution in [0.1, 0.15) is 25.3 Å². The lowest BCUT2D eigenvalue weighted by atomic mass is 10.2. The monoisotopic (exact) mass is 309 g/mol. The minimum absolute atomic E-state index is 0.634. The maximum Gasteiger partial charge on any atom is 0.191 e. The van der Waals surface area contributed by atoms with Gasteiger partial charge in [-0.15, -0.1) is 0 Å². The van der Waals surface area contributed by atoms with Crippen LogP contribution in [0.5, 0.6) is 0 Å². The number of benzene rings is 1. The van der Waals surface area contributed by atoms with E-state index in [1.807, 2.05) is 24.3 Å². The average Bonchev–Trinajstić information content (AvgIpc) is 3.30. The first-order chi connectivity index (χ1) is 10.3. The van der Waals surface area contributed by atoms with Crippen LogP contribution in [0, 0.1) is 5.92 Å². The Kier molecular flexibility index (Phi) is 6.83. The van der Waals surface area contributed by atoms with Gasteiger partial charge >= 0.3 is 0 Å². The Morgan fingerprint density at radius 3 is 2.71 bits per heavy atom. The number of hydrogen-bond donors (Lipinski definition) is 2. The molecule has 1 aliphatic carbocycles. The summed E-state index contributed by atoms with van der Waals surface area (Å²) < 4.78 is 5.60. The van der Waals surface area contributed by atoms with E-state index in [0.29, 0.717) is 6.54 Å². The van der Waals surface area contributed by atoms with Crippen molar-refractivity contribution >= 4 is 17.6 Å². The zero-order valence-electron chi connectivity index (χ0n) is 12.6. The first kappa shape index (κ1) is 16.1. The van der Waals surface area contributed by atoms with Crippen molar-refractivity contribution in [2.45, 2.75) is 26.3 Å². The molecule has 4 nitrogen and oxygen atoms in total. The van der Waals surface area contributed by atoms with Crippen LogP contribution < -0.4 is 10.6 Å². The molecular formula is C16H24ClN3O. The topological polar surface area (TPSA) is 45.7 Å². The second-order valence-electron chi connectivity index (χ2n) is 5.27. The lowest BCUT2D eigenvalue weighted by Gasteiger charge is -2.11. The van der Waals surface area contributed by atoms with E-state index in [2.05, 4.69) is 22.5 Å². The largest absolute Gasteiger partial charge is 0.379 e. The highest BCUT2D eigenvalue weighted by molar-refractivity contribution is 6.30. The van der Waals surface area contributed by atoms with Crippen molar-refractivity contribution in [2.75, 3.05) is 26.3 Å². The molecule has 0 radical (unpaired) electrons. The van der Waals surface area contributed by atoms with Crippen molar-refractivity contribution < 1.29 is 4.74 Å². The molecule has 1 aromatic carbocycles. The molecule has 5 heteroatoms. The van der Waals surface area contributed by atoms with Gasteiger partial charge in [-0.1, -0.05) is 23.7 Å². The van der Waals surface area contributed by atoms with Crippen LogP contribution in [0.25, 0.3) is 0 Å². The number of hydrogen-bond acceptors (Lipinski definition) is 2. The third-order valence-electron chi connectivity index (χ3n) is 3.27. The van der Waals surface area contributed by atoms with Crippen molar-refractivity contribution in [3.63, 3.8) is 0 Å². The Labute approximate surface area is 131 Å². The van der Waals surface area contributed by atoms with E-state index < -0.39 is 0 Å². The van der Waals surface area contributed by atoms with E-state index >= 15 is 0 Å². The molecule has 2 rings (SSSR count). The molecule has 0 bridgehead atoms. The van der Waals surface area contributed by atoms with E-state index in [4.69, 9.17) is 16.3 Å². The molecule has 2 N–H and O–H groups in total. The summed E-state index contributed by atoms with van der Waals surface area (Å²) in [4.78, 5) is 4.55. The van der Waals surface area contributed by atoms with Gasteiger partial charge in [-0.05, 0) is 43.4 Å². The van der Waals surface area contributed by atoms with Gasteiger partial charge < -0.3 is 15.4 Å². The molecule has 0 unspecified atom stereocenters. The van der Waals surface area contributed by atoms with Gasteiger partial charge in [0.2, 0.25) is 0 Å². The molecular weight excluding hydrogens is 286 g/mol. The first-order valence-electron chi connectivity index (χ1n) is 7.62. The molecule has 0 atom stereocenters. The van der Waals surface area contributed by atoms with Crippen molar-refractivity contribution in [3.8, 4) is 0 Å². The summed E-state index contributed by atoms with van der Waals surface area (Å²) in [5, 5.41) is 7.27. The van der Waals surface area contributed by atoms with Crippen molar-refractivity contribution in [1.82, 2.24) is 10.6 Å². The highest BCUT2D eigenvalue weighted by Crippen LogP contribution is 2.28. The molecule has 21 heavy (non-hydrogen) atoms. The van der Waals surface area contributed by atoms with E-state index in [1.165, 1.54) is 12.8 Å². The number of rotatable bonds is 8. The lowest BCUT2D eigenvalue weighted by Crippen LogP contribution is -2.39. The molecule has 116 valence electrons. The van der Waals surface area contributed by atoms with E-state index in [1.54, 1.807) is 0 Å². The second kappa shape index (κ2) is 8.90. The average molecular weight is 310 g/mol. The molecule has 0 amide bonds. The zero-order chi connectivity index (χ0) is 14.9. The highest BCUT2D eigenvalue weighted by atomic mass is 35.5. The Morgan fingerprint density at radius 1 is 1.29 bits per heavy atom. The van der Waals surface area contributed by atoms with E-state index in [0.717, 1.165) is 48.8 Å². The predicted octanol–water partition coefficient (Wildman–Crippen LogP) is 2.82. The van der Waals surface area contributed by atoms with Crippen molar-refractivity contribution in [3.05, 3.63) is 34.9 Å². The Balaban J connectivity index is 1.70. The summed E-state index contributed by atoms with van der Waals surface area (Å²) in [6, 6.07) is 7.76. The maximum atomic E-state index is 5.87. The quantitative estimate of drug-likeness (QED) is 0.441. The van der Waals surface area contributed by atoms with Crippen LogP contribution in [0.4, 0.5) is 0 Å². The van der Waals surface area contributed by atoms with Gasteiger partial charge in [0, 0.05) is 24.7 Å². The number of nitrogens with zero attached hydrogens (tertiary/aromatic N) is 1. The molecule has 1 fully saturated rings. The summed E-state index contributed by atoms with van der Waals surface area (Å²) in [6.07, 6.45) is 2.66. The van der Waals surface area contributed by atoms with Crippen LogP contribution in [-0.2, 0) is 11.3 Å². The van der Waals surface area contributed by atoms with Gasteiger partial charge in [0.15, 0.2) is 5.96 Å². The van der Waals surface area contributed by atoms with Gasteiger partial charge in [0.25, 0.3) is 0 Å². The normalized spacial score (nSPS) is 15.0. The smallest absolute Gasteiger partial charge is 0.191 e. The lowest BCUT2D eigenvalue weighted by molar-refractivity contribution is 0.129. The zero-order valence-corrected chi connectivity index (χ0v) is 13.3. The third kappa shape index (κ3) is 6.82. The Hall–Kier alpha value is -1.26. The van der Waals surface area contributed by atoms with Crippen LogP contribution >= 0.6 is 11.6 Å². The molecule has 1 aromatic rings. The third-order valence-corrected chi connectivity index (χ3v) is 3.52. The fourth-order valence-corrected chi connectivity index (χ4v) is 2.00. The fourth-order valence-electron chi connectivity index (χ4n) is 1.88. The molecule has 1 aliphatic rings. The van der Waals surface area contributed by atoms with E-state index in [-0.39, 0.29) is 0 Å². The highest BCUT2D eigenvalue weighted by Gasteiger charge is 2.20. The van der Waals surface area contributed by atoms with Crippen LogP contribution in [0.2, 0.25) is 5.02 Å². The molecule has 0 aromatic heterocycles. The van der Waals surface area contributed by atoms with Gasteiger partial charge in [-0.2, -0.15) is 0 Å². The number of guanidine groups is 1. The Bertz CT molecular complexity index is 443. The molecule has 0 aliphatic heterocycles. The summed E-state index contributed by atoms with van der Waals surface area (Å²) in [5.74, 6) is 1.64. The van der Waals surface area contributed by atoms with Crippen LogP contribution in [0.3, 0.4) is 0 Å². The molecule has 1 saturated carbocycles. The van der Waals surface area contributed by atoms with Crippen LogP contribution in [0.15, 0.2) is 29.3 Å². The summed E-state index contributed by atoms with van der Waals surface area (Å²) >= 11 is 5.87. The minimum Gasteiger partial charge on any atom is -0.379 e. The van der Waals surface area contributed by atoms with E-state index in [9.17, 15) is 0 Å². The van der Waals surface area contributed by atoms with Crippen LogP contribution in [-0.4, -0.2) is 32.3 Å². The molecule has 0 heterocycles. The number of ether oxygens (including phenoxy) is 1. The van der Waals surface area contributed by atoms with Gasteiger partial charge in [-0.3, -0.25) is 0 Å². The van der Waals surface area contributed by atoms with Gasteiger partial charge in [-0.25, -0.2) is 4.99 Å². The summed E-state index contributed by atoms with van der Waals surface area (Å²) in [7, 11) is 0. The summed E-state index contributed by atoms with van der Waals surface area (Å²) in [5.41, 5.74) is 1.14. The SMILES string of the molecule is CCNC(=NCc1ccc(Cl)cc1)NCCOCC1CC1. The van der Waals surface area contributed by atoms with Gasteiger partial charge in [0.05, 0.1) is 13.2 Å². The predicted molar refractivity (Wildman–Crippen MR) is 87.8 cm³/mol.